The molecule has 1 heterocycles. The van der Waals surface area contributed by atoms with Crippen molar-refractivity contribution in [2.75, 3.05) is 6.54 Å². The first-order valence-electron chi connectivity index (χ1n) is 5.66. The van der Waals surface area contributed by atoms with E-state index in [0.29, 0.717) is 12.1 Å². The molecular formula is C13H17FN2. The Balaban J connectivity index is 2.78. The number of nitrogens with two attached hydrogens (primary N) is 1. The average Bonchev–Trinajstić information content (AvgIpc) is 2.64. The average molecular weight is 220 g/mol. The van der Waals surface area contributed by atoms with Crippen LogP contribution in [0.15, 0.2) is 18.3 Å². The minimum atomic E-state index is -0.147. The van der Waals surface area contributed by atoms with Gasteiger partial charge >= 0.3 is 0 Å². The zero-order valence-corrected chi connectivity index (χ0v) is 9.76. The lowest BCUT2D eigenvalue weighted by Crippen LogP contribution is -2.02. The molecule has 0 aliphatic carbocycles. The van der Waals surface area contributed by atoms with Crippen LogP contribution in [0.3, 0.4) is 0 Å². The second-order valence-electron chi connectivity index (χ2n) is 4.07. The molecule has 1 aromatic carbocycles. The van der Waals surface area contributed by atoms with Crippen LogP contribution in [0, 0.1) is 12.7 Å². The molecule has 0 bridgehead atoms. The lowest BCUT2D eigenvalue weighted by atomic mass is 10.1. The maximum Gasteiger partial charge on any atom is 0.147 e. The number of benzene rings is 1. The third-order valence-corrected chi connectivity index (χ3v) is 3.01. The Hall–Kier alpha value is -1.35. The highest BCUT2D eigenvalue weighted by Crippen LogP contribution is 2.27. The molecule has 0 fully saturated rings. The molecule has 2 rings (SSSR count). The zero-order chi connectivity index (χ0) is 11.7. The van der Waals surface area contributed by atoms with Gasteiger partial charge in [-0.3, -0.25) is 0 Å². The predicted molar refractivity (Wildman–Crippen MR) is 65.1 cm³/mol. The summed E-state index contributed by atoms with van der Waals surface area (Å²) < 4.78 is 15.8. The third-order valence-electron chi connectivity index (χ3n) is 3.01. The highest BCUT2D eigenvalue weighted by atomic mass is 19.1. The Morgan fingerprint density at radius 1 is 1.38 bits per heavy atom. The summed E-state index contributed by atoms with van der Waals surface area (Å²) in [6.45, 7) is 5.41. The van der Waals surface area contributed by atoms with Crippen LogP contribution in [0.5, 0.6) is 0 Å². The Morgan fingerprint density at radius 2 is 2.12 bits per heavy atom. The van der Waals surface area contributed by atoms with Gasteiger partial charge in [-0.25, -0.2) is 4.39 Å². The first-order chi connectivity index (χ1) is 7.69. The highest BCUT2D eigenvalue weighted by molar-refractivity contribution is 5.87. The molecule has 2 nitrogen and oxygen atoms in total. The fourth-order valence-corrected chi connectivity index (χ4v) is 2.26. The summed E-state index contributed by atoms with van der Waals surface area (Å²) in [6.07, 6.45) is 2.82. The Kier molecular flexibility index (Phi) is 2.97. The van der Waals surface area contributed by atoms with E-state index in [-0.39, 0.29) is 5.82 Å². The normalized spacial score (nSPS) is 11.2. The molecule has 0 aliphatic rings. The summed E-state index contributed by atoms with van der Waals surface area (Å²) >= 11 is 0. The molecule has 16 heavy (non-hydrogen) atoms. The number of halogens is 1. The third kappa shape index (κ3) is 1.61. The molecule has 0 saturated carbocycles. The molecule has 3 heteroatoms. The van der Waals surface area contributed by atoms with Crippen LogP contribution >= 0.6 is 0 Å². The van der Waals surface area contributed by atoms with Crippen molar-refractivity contribution in [2.45, 2.75) is 26.8 Å². The monoisotopic (exact) mass is 220 g/mol. The Labute approximate surface area is 94.9 Å². The zero-order valence-electron chi connectivity index (χ0n) is 9.76. The SMILES string of the molecule is CCn1cc(CCN)c2c(C)ccc(F)c21. The number of hydrogen-bond acceptors (Lipinski definition) is 1. The number of hydrogen-bond donors (Lipinski definition) is 1. The van der Waals surface area contributed by atoms with Crippen molar-refractivity contribution in [3.63, 3.8) is 0 Å². The van der Waals surface area contributed by atoms with Gasteiger partial charge in [-0.05, 0) is 44.0 Å². The minimum Gasteiger partial charge on any atom is -0.345 e. The van der Waals surface area contributed by atoms with Gasteiger partial charge in [0, 0.05) is 18.1 Å². The van der Waals surface area contributed by atoms with Crippen molar-refractivity contribution in [1.29, 1.82) is 0 Å². The van der Waals surface area contributed by atoms with Gasteiger partial charge < -0.3 is 10.3 Å². The lowest BCUT2D eigenvalue weighted by Gasteiger charge is -2.03. The van der Waals surface area contributed by atoms with E-state index in [0.717, 1.165) is 29.5 Å². The molecule has 86 valence electrons. The maximum absolute atomic E-state index is 13.8. The van der Waals surface area contributed by atoms with Gasteiger partial charge in [0.25, 0.3) is 0 Å². The van der Waals surface area contributed by atoms with Crippen molar-refractivity contribution in [3.8, 4) is 0 Å². The fourth-order valence-electron chi connectivity index (χ4n) is 2.26. The van der Waals surface area contributed by atoms with Crippen molar-refractivity contribution < 1.29 is 4.39 Å². The molecule has 0 saturated heterocycles. The van der Waals surface area contributed by atoms with Gasteiger partial charge in [-0.1, -0.05) is 6.07 Å². The lowest BCUT2D eigenvalue weighted by molar-refractivity contribution is 0.626. The van der Waals surface area contributed by atoms with Crippen LogP contribution in [-0.4, -0.2) is 11.1 Å². The molecule has 1 aromatic heterocycles. The van der Waals surface area contributed by atoms with Gasteiger partial charge in [0.2, 0.25) is 0 Å². The molecule has 0 aliphatic heterocycles. The van der Waals surface area contributed by atoms with Crippen LogP contribution in [0.1, 0.15) is 18.1 Å². The quantitative estimate of drug-likeness (QED) is 0.847. The largest absolute Gasteiger partial charge is 0.345 e. The van der Waals surface area contributed by atoms with Gasteiger partial charge in [-0.15, -0.1) is 0 Å². The van der Waals surface area contributed by atoms with Gasteiger partial charge in [0.05, 0.1) is 5.52 Å². The molecule has 2 aromatic rings. The first-order valence-corrected chi connectivity index (χ1v) is 5.66. The Bertz CT molecular complexity index is 514. The molecule has 2 N–H and O–H groups in total. The second kappa shape index (κ2) is 4.26. The minimum absolute atomic E-state index is 0.147. The van der Waals surface area contributed by atoms with Crippen LogP contribution in [0.4, 0.5) is 4.39 Å². The van der Waals surface area contributed by atoms with E-state index in [1.807, 2.05) is 30.7 Å². The topological polar surface area (TPSA) is 30.9 Å². The van der Waals surface area contributed by atoms with Gasteiger partial charge in [0.1, 0.15) is 5.82 Å². The Morgan fingerprint density at radius 3 is 2.75 bits per heavy atom. The smallest absolute Gasteiger partial charge is 0.147 e. The summed E-state index contributed by atoms with van der Waals surface area (Å²) in [4.78, 5) is 0. The fraction of sp³-hybridized carbons (Fsp3) is 0.385. The molecule has 0 amide bonds. The molecular weight excluding hydrogens is 203 g/mol. The van der Waals surface area contributed by atoms with Crippen LogP contribution in [0.25, 0.3) is 10.9 Å². The van der Waals surface area contributed by atoms with Crippen molar-refractivity contribution in [1.82, 2.24) is 4.57 Å². The molecule has 0 atom stereocenters. The van der Waals surface area contributed by atoms with E-state index in [1.165, 1.54) is 6.07 Å². The first kappa shape index (κ1) is 11.1. The number of aromatic nitrogens is 1. The second-order valence-corrected chi connectivity index (χ2v) is 4.07. The van der Waals surface area contributed by atoms with E-state index in [2.05, 4.69) is 0 Å². The van der Waals surface area contributed by atoms with Crippen molar-refractivity contribution >= 4 is 10.9 Å². The molecule has 0 spiro atoms. The standard InChI is InChI=1S/C13H17FN2/c1-3-16-8-10(6-7-15)12-9(2)4-5-11(14)13(12)16/h4-5,8H,3,6-7,15H2,1-2H3. The van der Waals surface area contributed by atoms with Crippen LogP contribution < -0.4 is 5.73 Å². The van der Waals surface area contributed by atoms with Crippen LogP contribution in [-0.2, 0) is 13.0 Å². The number of aryl methyl sites for hydroxylation is 2. The number of nitrogens with zero attached hydrogens (tertiary/aromatic N) is 1. The number of fused-ring (bicyclic) bond motifs is 1. The number of rotatable bonds is 3. The van der Waals surface area contributed by atoms with Crippen molar-refractivity contribution in [3.05, 3.63) is 35.3 Å². The molecule has 0 radical (unpaired) electrons. The summed E-state index contributed by atoms with van der Waals surface area (Å²) in [7, 11) is 0. The molecule has 0 unspecified atom stereocenters. The van der Waals surface area contributed by atoms with Gasteiger partial charge in [-0.2, -0.15) is 0 Å². The van der Waals surface area contributed by atoms with Crippen molar-refractivity contribution in [2.24, 2.45) is 5.73 Å². The van der Waals surface area contributed by atoms with Gasteiger partial charge in [0.15, 0.2) is 0 Å². The van der Waals surface area contributed by atoms with E-state index >= 15 is 0 Å². The summed E-state index contributed by atoms with van der Waals surface area (Å²) in [5.74, 6) is -0.147. The predicted octanol–water partition coefficient (Wildman–Crippen LogP) is 2.61. The maximum atomic E-state index is 13.8. The van der Waals surface area contributed by atoms with Crippen LogP contribution in [0.2, 0.25) is 0 Å². The van der Waals surface area contributed by atoms with E-state index < -0.39 is 0 Å². The van der Waals surface area contributed by atoms with E-state index in [4.69, 9.17) is 5.73 Å². The summed E-state index contributed by atoms with van der Waals surface area (Å²) in [5.41, 5.74) is 8.57. The summed E-state index contributed by atoms with van der Waals surface area (Å²) in [5, 5.41) is 1.03. The van der Waals surface area contributed by atoms with E-state index in [1.54, 1.807) is 0 Å². The van der Waals surface area contributed by atoms with E-state index in [9.17, 15) is 4.39 Å². The summed E-state index contributed by atoms with van der Waals surface area (Å²) in [6, 6.07) is 3.37. The highest BCUT2D eigenvalue weighted by Gasteiger charge is 2.13.